The van der Waals surface area contributed by atoms with Gasteiger partial charge in [-0.3, -0.25) is 10.2 Å². The molecular formula is C17H26N2O2. The van der Waals surface area contributed by atoms with Crippen LogP contribution in [-0.4, -0.2) is 35.7 Å². The summed E-state index contributed by atoms with van der Waals surface area (Å²) in [6.45, 7) is 12.3. The molecule has 1 aromatic carbocycles. The van der Waals surface area contributed by atoms with Crippen LogP contribution >= 0.6 is 0 Å². The Morgan fingerprint density at radius 2 is 1.90 bits per heavy atom. The predicted octanol–water partition coefficient (Wildman–Crippen LogP) is 3.72. The molecule has 1 saturated heterocycles. The first-order valence-corrected chi connectivity index (χ1v) is 7.56. The fraction of sp³-hybridized carbons (Fsp3) is 0.588. The van der Waals surface area contributed by atoms with Crippen molar-refractivity contribution in [3.05, 3.63) is 29.3 Å². The minimum absolute atomic E-state index is 0.0199. The maximum Gasteiger partial charge on any atom is 0.411 e. The number of anilines is 1. The van der Waals surface area contributed by atoms with Crippen molar-refractivity contribution in [2.24, 2.45) is 0 Å². The van der Waals surface area contributed by atoms with E-state index in [1.54, 1.807) is 0 Å². The highest BCUT2D eigenvalue weighted by Crippen LogP contribution is 2.23. The fourth-order valence-electron chi connectivity index (χ4n) is 2.73. The number of nitrogens with one attached hydrogen (secondary N) is 1. The molecule has 1 aliphatic heterocycles. The molecule has 1 atom stereocenters. The van der Waals surface area contributed by atoms with Gasteiger partial charge in [-0.15, -0.1) is 0 Å². The zero-order chi connectivity index (χ0) is 15.6. The van der Waals surface area contributed by atoms with Gasteiger partial charge in [-0.2, -0.15) is 0 Å². The van der Waals surface area contributed by atoms with E-state index in [4.69, 9.17) is 4.74 Å². The normalized spacial score (nSPS) is 19.6. The summed E-state index contributed by atoms with van der Waals surface area (Å²) >= 11 is 0. The van der Waals surface area contributed by atoms with Crippen LogP contribution in [0.4, 0.5) is 10.5 Å². The summed E-state index contributed by atoms with van der Waals surface area (Å²) < 4.78 is 5.56. The smallest absolute Gasteiger partial charge is 0.411 e. The third-order valence-electron chi connectivity index (χ3n) is 4.08. The average molecular weight is 290 g/mol. The molecule has 4 nitrogen and oxygen atoms in total. The van der Waals surface area contributed by atoms with Gasteiger partial charge in [0.25, 0.3) is 0 Å². The van der Waals surface area contributed by atoms with E-state index in [1.165, 1.54) is 0 Å². The van der Waals surface area contributed by atoms with Gasteiger partial charge in [0, 0.05) is 24.3 Å². The Kier molecular flexibility index (Phi) is 4.57. The van der Waals surface area contributed by atoms with E-state index in [2.05, 4.69) is 31.0 Å². The first-order chi connectivity index (χ1) is 9.77. The third-order valence-corrected chi connectivity index (χ3v) is 4.08. The van der Waals surface area contributed by atoms with Crippen LogP contribution in [0.2, 0.25) is 0 Å². The number of benzene rings is 1. The number of nitrogens with zero attached hydrogens (tertiary/aromatic N) is 1. The zero-order valence-electron chi connectivity index (χ0n) is 13.7. The summed E-state index contributed by atoms with van der Waals surface area (Å²) in [5, 5.41) is 2.88. The van der Waals surface area contributed by atoms with Gasteiger partial charge in [0.15, 0.2) is 0 Å². The van der Waals surface area contributed by atoms with Crippen molar-refractivity contribution in [2.75, 3.05) is 18.4 Å². The molecular weight excluding hydrogens is 264 g/mol. The van der Waals surface area contributed by atoms with Gasteiger partial charge in [-0.05, 0) is 52.2 Å². The number of para-hydroxylation sites is 1. The van der Waals surface area contributed by atoms with Crippen LogP contribution in [0.5, 0.6) is 0 Å². The Balaban J connectivity index is 1.92. The maximum atomic E-state index is 12.1. The van der Waals surface area contributed by atoms with E-state index in [0.717, 1.165) is 36.3 Å². The molecule has 0 aliphatic carbocycles. The quantitative estimate of drug-likeness (QED) is 0.902. The van der Waals surface area contributed by atoms with Crippen LogP contribution in [0.15, 0.2) is 18.2 Å². The Bertz CT molecular complexity index is 500. The molecule has 0 radical (unpaired) electrons. The maximum absolute atomic E-state index is 12.1. The van der Waals surface area contributed by atoms with Crippen LogP contribution in [0.1, 0.15) is 38.3 Å². The molecule has 2 rings (SSSR count). The summed E-state index contributed by atoms with van der Waals surface area (Å²) in [5.41, 5.74) is 3.08. The predicted molar refractivity (Wildman–Crippen MR) is 85.8 cm³/mol. The van der Waals surface area contributed by atoms with E-state index in [9.17, 15) is 4.79 Å². The number of carbonyl (C=O) groups is 1. The second kappa shape index (κ2) is 6.06. The van der Waals surface area contributed by atoms with E-state index in [1.807, 2.05) is 32.0 Å². The van der Waals surface area contributed by atoms with E-state index >= 15 is 0 Å². The standard InChI is InChI=1S/C17H26N2O2/c1-12-7-6-8-13(2)15(12)18-16(20)21-14-9-10-19(11-14)17(3,4)5/h6-8,14H,9-11H2,1-5H3,(H,18,20). The van der Waals surface area contributed by atoms with Crippen molar-refractivity contribution in [1.29, 1.82) is 0 Å². The molecule has 116 valence electrons. The summed E-state index contributed by atoms with van der Waals surface area (Å²) in [7, 11) is 0. The Morgan fingerprint density at radius 1 is 1.29 bits per heavy atom. The number of amides is 1. The number of carbonyl (C=O) groups excluding carboxylic acids is 1. The molecule has 1 N–H and O–H groups in total. The van der Waals surface area contributed by atoms with Gasteiger partial charge >= 0.3 is 6.09 Å². The average Bonchev–Trinajstić information content (AvgIpc) is 2.82. The molecule has 4 heteroatoms. The zero-order valence-corrected chi connectivity index (χ0v) is 13.7. The van der Waals surface area contributed by atoms with Gasteiger partial charge in [-0.25, -0.2) is 4.79 Å². The highest BCUT2D eigenvalue weighted by molar-refractivity contribution is 5.86. The van der Waals surface area contributed by atoms with Gasteiger partial charge in [0.2, 0.25) is 0 Å². The van der Waals surface area contributed by atoms with Crippen LogP contribution in [0, 0.1) is 13.8 Å². The number of rotatable bonds is 2. The van der Waals surface area contributed by atoms with Gasteiger partial charge < -0.3 is 4.74 Å². The molecule has 0 aromatic heterocycles. The molecule has 0 spiro atoms. The lowest BCUT2D eigenvalue weighted by molar-refractivity contribution is 0.0980. The van der Waals surface area contributed by atoms with Gasteiger partial charge in [-0.1, -0.05) is 18.2 Å². The number of aryl methyl sites for hydroxylation is 2. The van der Waals surface area contributed by atoms with Crippen LogP contribution in [0.3, 0.4) is 0 Å². The molecule has 21 heavy (non-hydrogen) atoms. The lowest BCUT2D eigenvalue weighted by Crippen LogP contribution is -2.40. The first-order valence-electron chi connectivity index (χ1n) is 7.56. The monoisotopic (exact) mass is 290 g/mol. The minimum atomic E-state index is -0.354. The fourth-order valence-corrected chi connectivity index (χ4v) is 2.73. The summed E-state index contributed by atoms with van der Waals surface area (Å²) in [5.74, 6) is 0. The van der Waals surface area contributed by atoms with Gasteiger partial charge in [0.05, 0.1) is 0 Å². The SMILES string of the molecule is Cc1cccc(C)c1NC(=O)OC1CCN(C(C)(C)C)C1. The summed E-state index contributed by atoms with van der Waals surface area (Å²) in [6.07, 6.45) is 0.527. The molecule has 0 bridgehead atoms. The molecule has 1 aliphatic rings. The Labute approximate surface area is 127 Å². The highest BCUT2D eigenvalue weighted by atomic mass is 16.6. The number of hydrogen-bond donors (Lipinski definition) is 1. The topological polar surface area (TPSA) is 41.6 Å². The second-order valence-electron chi connectivity index (χ2n) is 6.82. The third kappa shape index (κ3) is 3.97. The highest BCUT2D eigenvalue weighted by Gasteiger charge is 2.32. The summed E-state index contributed by atoms with van der Waals surface area (Å²) in [4.78, 5) is 14.4. The van der Waals surface area contributed by atoms with Crippen molar-refractivity contribution in [2.45, 2.75) is 52.7 Å². The van der Waals surface area contributed by atoms with E-state index in [-0.39, 0.29) is 17.7 Å². The molecule has 1 heterocycles. The van der Waals surface area contributed by atoms with E-state index in [0.29, 0.717) is 0 Å². The van der Waals surface area contributed by atoms with Crippen LogP contribution in [-0.2, 0) is 4.74 Å². The number of hydrogen-bond acceptors (Lipinski definition) is 3. The Hall–Kier alpha value is -1.55. The lowest BCUT2D eigenvalue weighted by Gasteiger charge is -2.31. The van der Waals surface area contributed by atoms with Crippen molar-refractivity contribution in [3.8, 4) is 0 Å². The molecule has 1 fully saturated rings. The van der Waals surface area contributed by atoms with Gasteiger partial charge in [0.1, 0.15) is 6.10 Å². The Morgan fingerprint density at radius 3 is 2.43 bits per heavy atom. The second-order valence-corrected chi connectivity index (χ2v) is 6.82. The van der Waals surface area contributed by atoms with Crippen molar-refractivity contribution in [1.82, 2.24) is 4.90 Å². The largest absolute Gasteiger partial charge is 0.445 e. The van der Waals surface area contributed by atoms with Crippen molar-refractivity contribution < 1.29 is 9.53 Å². The lowest BCUT2D eigenvalue weighted by atomic mass is 10.1. The molecule has 0 saturated carbocycles. The number of ether oxygens (including phenoxy) is 1. The molecule has 1 aromatic rings. The first kappa shape index (κ1) is 15.8. The van der Waals surface area contributed by atoms with Crippen molar-refractivity contribution in [3.63, 3.8) is 0 Å². The van der Waals surface area contributed by atoms with Crippen molar-refractivity contribution >= 4 is 11.8 Å². The number of likely N-dealkylation sites (tertiary alicyclic amines) is 1. The minimum Gasteiger partial charge on any atom is -0.445 e. The summed E-state index contributed by atoms with van der Waals surface area (Å²) in [6, 6.07) is 5.96. The van der Waals surface area contributed by atoms with Crippen LogP contribution in [0.25, 0.3) is 0 Å². The van der Waals surface area contributed by atoms with Crippen LogP contribution < -0.4 is 5.32 Å². The van der Waals surface area contributed by atoms with E-state index < -0.39 is 0 Å². The molecule has 1 amide bonds. The molecule has 1 unspecified atom stereocenters.